The maximum absolute atomic E-state index is 6.23. The number of aryl methyl sites for hydroxylation is 1. The molecule has 1 aromatic carbocycles. The van der Waals surface area contributed by atoms with Crippen molar-refractivity contribution in [3.8, 4) is 0 Å². The minimum atomic E-state index is -0.212. The summed E-state index contributed by atoms with van der Waals surface area (Å²) >= 11 is 0. The van der Waals surface area contributed by atoms with Gasteiger partial charge in [-0.05, 0) is 6.07 Å². The number of para-hydroxylation sites is 1. The SMILES string of the molecule is Cn1cc(C(N)c2ncc[nH]2)c2ccccc21. The highest BCUT2D eigenvalue weighted by Crippen LogP contribution is 2.26. The van der Waals surface area contributed by atoms with Crippen LogP contribution in [0.1, 0.15) is 17.4 Å². The summed E-state index contributed by atoms with van der Waals surface area (Å²) in [5.74, 6) is 0.793. The van der Waals surface area contributed by atoms with E-state index in [2.05, 4.69) is 32.9 Å². The lowest BCUT2D eigenvalue weighted by molar-refractivity contribution is 0.799. The molecule has 17 heavy (non-hydrogen) atoms. The van der Waals surface area contributed by atoms with E-state index in [9.17, 15) is 0 Å². The van der Waals surface area contributed by atoms with E-state index >= 15 is 0 Å². The van der Waals surface area contributed by atoms with Crippen molar-refractivity contribution in [2.75, 3.05) is 0 Å². The Balaban J connectivity index is 2.18. The van der Waals surface area contributed by atoms with E-state index in [4.69, 9.17) is 5.73 Å². The standard InChI is InChI=1S/C13H14N4/c1-17-8-10(9-4-2-3-5-11(9)17)12(14)13-15-6-7-16-13/h2-8,12H,14H2,1H3,(H,15,16). The minimum absolute atomic E-state index is 0.212. The molecule has 4 heteroatoms. The van der Waals surface area contributed by atoms with Gasteiger partial charge < -0.3 is 15.3 Å². The normalized spacial score (nSPS) is 13.1. The molecule has 0 aliphatic heterocycles. The van der Waals surface area contributed by atoms with Crippen LogP contribution in [0, 0.1) is 0 Å². The first-order chi connectivity index (χ1) is 8.27. The Morgan fingerprint density at radius 2 is 2.18 bits per heavy atom. The van der Waals surface area contributed by atoms with Gasteiger partial charge in [0.05, 0.1) is 6.04 Å². The van der Waals surface area contributed by atoms with Crippen molar-refractivity contribution in [1.29, 1.82) is 0 Å². The molecule has 0 fully saturated rings. The van der Waals surface area contributed by atoms with E-state index in [0.717, 1.165) is 11.4 Å². The van der Waals surface area contributed by atoms with Crippen molar-refractivity contribution >= 4 is 10.9 Å². The van der Waals surface area contributed by atoms with E-state index in [1.54, 1.807) is 12.4 Å². The molecular weight excluding hydrogens is 212 g/mol. The van der Waals surface area contributed by atoms with Crippen molar-refractivity contribution in [3.05, 3.63) is 54.2 Å². The number of aromatic nitrogens is 3. The number of imidazole rings is 1. The molecule has 2 aromatic heterocycles. The summed E-state index contributed by atoms with van der Waals surface area (Å²) < 4.78 is 2.09. The molecule has 4 nitrogen and oxygen atoms in total. The fourth-order valence-corrected chi connectivity index (χ4v) is 2.22. The van der Waals surface area contributed by atoms with Crippen molar-refractivity contribution < 1.29 is 0 Å². The highest BCUT2D eigenvalue weighted by molar-refractivity contribution is 5.84. The summed E-state index contributed by atoms with van der Waals surface area (Å²) in [6, 6.07) is 8.03. The number of aromatic amines is 1. The number of nitrogens with two attached hydrogens (primary N) is 1. The van der Waals surface area contributed by atoms with E-state index in [1.165, 1.54) is 10.9 Å². The number of H-pyrrole nitrogens is 1. The average molecular weight is 226 g/mol. The van der Waals surface area contributed by atoms with Crippen molar-refractivity contribution in [1.82, 2.24) is 14.5 Å². The molecule has 0 saturated carbocycles. The van der Waals surface area contributed by atoms with Gasteiger partial charge in [-0.1, -0.05) is 18.2 Å². The molecule has 0 spiro atoms. The topological polar surface area (TPSA) is 59.6 Å². The Bertz CT molecular complexity index is 637. The Morgan fingerprint density at radius 1 is 1.35 bits per heavy atom. The van der Waals surface area contributed by atoms with Crippen LogP contribution in [-0.4, -0.2) is 14.5 Å². The first-order valence-corrected chi connectivity index (χ1v) is 5.56. The molecule has 0 bridgehead atoms. The lowest BCUT2D eigenvalue weighted by Crippen LogP contribution is -2.13. The maximum atomic E-state index is 6.23. The van der Waals surface area contributed by atoms with Gasteiger partial charge in [-0.2, -0.15) is 0 Å². The van der Waals surface area contributed by atoms with E-state index < -0.39 is 0 Å². The van der Waals surface area contributed by atoms with Crippen molar-refractivity contribution in [3.63, 3.8) is 0 Å². The number of rotatable bonds is 2. The van der Waals surface area contributed by atoms with Gasteiger partial charge in [-0.15, -0.1) is 0 Å². The summed E-state index contributed by atoms with van der Waals surface area (Å²) in [6.07, 6.45) is 5.58. The second-order valence-electron chi connectivity index (χ2n) is 4.16. The third-order valence-electron chi connectivity index (χ3n) is 3.08. The van der Waals surface area contributed by atoms with Crippen LogP contribution in [-0.2, 0) is 7.05 Å². The van der Waals surface area contributed by atoms with Crippen LogP contribution < -0.4 is 5.73 Å². The summed E-state index contributed by atoms with van der Waals surface area (Å²) in [5, 5.41) is 1.18. The van der Waals surface area contributed by atoms with Crippen LogP contribution in [0.4, 0.5) is 0 Å². The first-order valence-electron chi connectivity index (χ1n) is 5.56. The molecule has 2 heterocycles. The van der Waals surface area contributed by atoms with Crippen LogP contribution >= 0.6 is 0 Å². The molecule has 0 radical (unpaired) electrons. The second kappa shape index (κ2) is 3.75. The third kappa shape index (κ3) is 1.54. The number of benzene rings is 1. The van der Waals surface area contributed by atoms with Crippen LogP contribution in [0.3, 0.4) is 0 Å². The van der Waals surface area contributed by atoms with Crippen LogP contribution in [0.2, 0.25) is 0 Å². The van der Waals surface area contributed by atoms with E-state index in [-0.39, 0.29) is 6.04 Å². The monoisotopic (exact) mass is 226 g/mol. The minimum Gasteiger partial charge on any atom is -0.350 e. The fourth-order valence-electron chi connectivity index (χ4n) is 2.22. The third-order valence-corrected chi connectivity index (χ3v) is 3.08. The molecule has 0 aliphatic carbocycles. The Kier molecular flexibility index (Phi) is 2.23. The van der Waals surface area contributed by atoms with E-state index in [0.29, 0.717) is 0 Å². The van der Waals surface area contributed by atoms with Crippen LogP contribution in [0.25, 0.3) is 10.9 Å². The van der Waals surface area contributed by atoms with Gasteiger partial charge in [0.2, 0.25) is 0 Å². The van der Waals surface area contributed by atoms with Gasteiger partial charge in [-0.3, -0.25) is 0 Å². The Hall–Kier alpha value is -2.07. The van der Waals surface area contributed by atoms with Crippen LogP contribution in [0.5, 0.6) is 0 Å². The van der Waals surface area contributed by atoms with Crippen molar-refractivity contribution in [2.24, 2.45) is 12.8 Å². The molecule has 0 amide bonds. The number of nitrogens with one attached hydrogen (secondary N) is 1. The van der Waals surface area contributed by atoms with E-state index in [1.807, 2.05) is 19.2 Å². The summed E-state index contributed by atoms with van der Waals surface area (Å²) in [6.45, 7) is 0. The second-order valence-corrected chi connectivity index (χ2v) is 4.16. The van der Waals surface area contributed by atoms with Gasteiger partial charge in [0.25, 0.3) is 0 Å². The quantitative estimate of drug-likeness (QED) is 0.701. The van der Waals surface area contributed by atoms with Gasteiger partial charge in [0, 0.05) is 42.1 Å². The zero-order valence-electron chi connectivity index (χ0n) is 9.59. The highest BCUT2D eigenvalue weighted by atomic mass is 15.0. The van der Waals surface area contributed by atoms with Gasteiger partial charge >= 0.3 is 0 Å². The number of fused-ring (bicyclic) bond motifs is 1. The molecule has 1 unspecified atom stereocenters. The molecule has 0 saturated heterocycles. The molecule has 3 rings (SSSR count). The Labute approximate surface area is 99.1 Å². The number of nitrogens with zero attached hydrogens (tertiary/aromatic N) is 2. The zero-order valence-corrected chi connectivity index (χ0v) is 9.59. The molecule has 3 N–H and O–H groups in total. The van der Waals surface area contributed by atoms with Gasteiger partial charge in [-0.25, -0.2) is 4.98 Å². The summed E-state index contributed by atoms with van der Waals surface area (Å²) in [7, 11) is 2.03. The lowest BCUT2D eigenvalue weighted by atomic mass is 10.1. The Morgan fingerprint density at radius 3 is 2.94 bits per heavy atom. The smallest absolute Gasteiger partial charge is 0.127 e. The van der Waals surface area contributed by atoms with Gasteiger partial charge in [0.15, 0.2) is 0 Å². The number of hydrogen-bond acceptors (Lipinski definition) is 2. The average Bonchev–Trinajstić information content (AvgIpc) is 2.97. The molecule has 86 valence electrons. The largest absolute Gasteiger partial charge is 0.350 e. The predicted octanol–water partition coefficient (Wildman–Crippen LogP) is 1.95. The zero-order chi connectivity index (χ0) is 11.8. The first kappa shape index (κ1) is 10.1. The summed E-state index contributed by atoms with van der Waals surface area (Å²) in [5.41, 5.74) is 8.51. The molecular formula is C13H14N4. The maximum Gasteiger partial charge on any atom is 0.127 e. The predicted molar refractivity (Wildman–Crippen MR) is 67.5 cm³/mol. The van der Waals surface area contributed by atoms with Gasteiger partial charge in [0.1, 0.15) is 5.82 Å². The lowest BCUT2D eigenvalue weighted by Gasteiger charge is -2.07. The van der Waals surface area contributed by atoms with Crippen LogP contribution in [0.15, 0.2) is 42.9 Å². The molecule has 0 aliphatic rings. The van der Waals surface area contributed by atoms with Crippen molar-refractivity contribution in [2.45, 2.75) is 6.04 Å². The highest BCUT2D eigenvalue weighted by Gasteiger charge is 2.16. The molecule has 1 atom stereocenters. The number of hydrogen-bond donors (Lipinski definition) is 2. The summed E-state index contributed by atoms with van der Waals surface area (Å²) in [4.78, 5) is 7.28. The fraction of sp³-hybridized carbons (Fsp3) is 0.154. The molecule has 3 aromatic rings.